The summed E-state index contributed by atoms with van der Waals surface area (Å²) in [5.41, 5.74) is 0.618. The molecule has 0 fully saturated rings. The van der Waals surface area contributed by atoms with E-state index in [1.165, 1.54) is 12.1 Å². The zero-order valence-electron chi connectivity index (χ0n) is 14.0. The Morgan fingerprint density at radius 1 is 1.12 bits per heavy atom. The first-order chi connectivity index (χ1) is 11.8. The average Bonchev–Trinajstić information content (AvgIpc) is 2.52. The van der Waals surface area contributed by atoms with Crippen LogP contribution in [0.3, 0.4) is 0 Å². The number of ketones is 1. The van der Waals surface area contributed by atoms with Gasteiger partial charge in [-0.1, -0.05) is 6.07 Å². The fourth-order valence-electron chi connectivity index (χ4n) is 3.26. The van der Waals surface area contributed by atoms with Crippen LogP contribution in [-0.4, -0.2) is 11.4 Å². The van der Waals surface area contributed by atoms with Crippen LogP contribution in [0.5, 0.6) is 5.75 Å². The number of nitriles is 1. The van der Waals surface area contributed by atoms with E-state index in [2.05, 4.69) is 6.07 Å². The highest BCUT2D eigenvalue weighted by Gasteiger charge is 2.42. The predicted molar refractivity (Wildman–Crippen MR) is 89.2 cm³/mol. The lowest BCUT2D eigenvalue weighted by molar-refractivity contribution is 0.0240. The van der Waals surface area contributed by atoms with Crippen molar-refractivity contribution in [3.8, 4) is 22.9 Å². The molecule has 5 heteroatoms. The van der Waals surface area contributed by atoms with Crippen molar-refractivity contribution in [2.45, 2.75) is 32.3 Å². The topological polar surface area (TPSA) is 50.1 Å². The molecule has 3 rings (SSSR count). The van der Waals surface area contributed by atoms with Crippen LogP contribution in [0.2, 0.25) is 0 Å². The molecule has 0 amide bonds. The molecule has 25 heavy (non-hydrogen) atoms. The van der Waals surface area contributed by atoms with Gasteiger partial charge in [0.25, 0.3) is 0 Å². The van der Waals surface area contributed by atoms with Crippen molar-refractivity contribution in [1.29, 1.82) is 5.26 Å². The Labute approximate surface area is 144 Å². The van der Waals surface area contributed by atoms with Crippen molar-refractivity contribution >= 4 is 5.78 Å². The fourth-order valence-corrected chi connectivity index (χ4v) is 3.26. The van der Waals surface area contributed by atoms with Gasteiger partial charge in [0, 0.05) is 12.5 Å². The summed E-state index contributed by atoms with van der Waals surface area (Å²) < 4.78 is 32.9. The van der Waals surface area contributed by atoms with Gasteiger partial charge < -0.3 is 4.74 Å². The van der Waals surface area contributed by atoms with Crippen LogP contribution in [0.1, 0.15) is 37.0 Å². The van der Waals surface area contributed by atoms with E-state index in [1.807, 2.05) is 13.8 Å². The zero-order valence-corrected chi connectivity index (χ0v) is 14.0. The Balaban J connectivity index is 2.02. The van der Waals surface area contributed by atoms with Crippen LogP contribution in [0, 0.1) is 28.9 Å². The Kier molecular flexibility index (Phi) is 4.30. The molecule has 1 heterocycles. The van der Waals surface area contributed by atoms with E-state index < -0.39 is 23.2 Å². The molecule has 1 aliphatic rings. The van der Waals surface area contributed by atoms with Gasteiger partial charge in [-0.2, -0.15) is 5.26 Å². The first-order valence-electron chi connectivity index (χ1n) is 8.02. The molecule has 0 radical (unpaired) electrons. The molecule has 0 spiro atoms. The largest absolute Gasteiger partial charge is 0.486 e. The van der Waals surface area contributed by atoms with Crippen LogP contribution >= 0.6 is 0 Å². The van der Waals surface area contributed by atoms with Gasteiger partial charge >= 0.3 is 0 Å². The molecular weight excluding hydrogens is 324 g/mol. The highest BCUT2D eigenvalue weighted by molar-refractivity contribution is 6.02. The number of hydrogen-bond donors (Lipinski definition) is 0. The van der Waals surface area contributed by atoms with E-state index in [0.717, 1.165) is 6.07 Å². The minimum Gasteiger partial charge on any atom is -0.486 e. The fraction of sp³-hybridized carbons (Fsp3) is 0.300. The lowest BCUT2D eigenvalue weighted by Crippen LogP contribution is -2.45. The van der Waals surface area contributed by atoms with Gasteiger partial charge in [0.05, 0.1) is 17.6 Å². The second-order valence-corrected chi connectivity index (χ2v) is 6.69. The van der Waals surface area contributed by atoms with Gasteiger partial charge in [-0.3, -0.25) is 4.79 Å². The van der Waals surface area contributed by atoms with Gasteiger partial charge in [-0.25, -0.2) is 8.78 Å². The van der Waals surface area contributed by atoms with Crippen molar-refractivity contribution in [2.24, 2.45) is 5.92 Å². The van der Waals surface area contributed by atoms with E-state index in [1.54, 1.807) is 18.2 Å². The van der Waals surface area contributed by atoms with Crippen molar-refractivity contribution in [3.05, 3.63) is 53.6 Å². The zero-order chi connectivity index (χ0) is 18.2. The van der Waals surface area contributed by atoms with Gasteiger partial charge in [-0.05, 0) is 55.7 Å². The third-order valence-corrected chi connectivity index (χ3v) is 4.52. The number of rotatable bonds is 3. The van der Waals surface area contributed by atoms with Gasteiger partial charge in [0.15, 0.2) is 5.78 Å². The van der Waals surface area contributed by atoms with E-state index in [-0.39, 0.29) is 12.2 Å². The number of benzene rings is 2. The number of Topliss-reactive ketones (excluding diaryl/α,β-unsaturated/α-hetero) is 1. The number of nitrogens with zero attached hydrogens (tertiary/aromatic N) is 1. The van der Waals surface area contributed by atoms with E-state index in [9.17, 15) is 13.6 Å². The second-order valence-electron chi connectivity index (χ2n) is 6.69. The maximum atomic E-state index is 13.5. The summed E-state index contributed by atoms with van der Waals surface area (Å²) in [6, 6.07) is 10.2. The highest BCUT2D eigenvalue weighted by atomic mass is 19.1. The summed E-state index contributed by atoms with van der Waals surface area (Å²) >= 11 is 0. The van der Waals surface area contributed by atoms with Crippen molar-refractivity contribution in [3.63, 3.8) is 0 Å². The Morgan fingerprint density at radius 3 is 2.44 bits per heavy atom. The Bertz CT molecular complexity index is 864. The third-order valence-electron chi connectivity index (χ3n) is 4.52. The number of halogens is 2. The summed E-state index contributed by atoms with van der Waals surface area (Å²) in [6.07, 6.45) is 0.706. The molecule has 0 aromatic heterocycles. The van der Waals surface area contributed by atoms with Crippen LogP contribution in [0.4, 0.5) is 8.78 Å². The minimum absolute atomic E-state index is 0.0709. The van der Waals surface area contributed by atoms with Crippen LogP contribution in [0.15, 0.2) is 36.4 Å². The molecule has 1 unspecified atom stereocenters. The molecule has 1 aliphatic heterocycles. The Morgan fingerprint density at radius 2 is 1.80 bits per heavy atom. The summed E-state index contributed by atoms with van der Waals surface area (Å²) in [6.45, 7) is 3.62. The van der Waals surface area contributed by atoms with Gasteiger partial charge in [-0.15, -0.1) is 0 Å². The summed E-state index contributed by atoms with van der Waals surface area (Å²) in [7, 11) is 0. The molecule has 2 aromatic carbocycles. The molecule has 1 atom stereocenters. The van der Waals surface area contributed by atoms with Gasteiger partial charge in [0.1, 0.15) is 23.0 Å². The molecule has 128 valence electrons. The second kappa shape index (κ2) is 6.29. The standard InChI is InChI=1S/C20H17F2NO2/c1-20(2)17(4-3-7-23)19(24)16-6-5-12(10-18(16)25-20)13-8-14(21)11-15(22)9-13/h5-6,8-11,17H,3-4H2,1-2H3. The summed E-state index contributed by atoms with van der Waals surface area (Å²) in [5, 5.41) is 8.79. The molecule has 0 aliphatic carbocycles. The number of carbonyl (C=O) groups is 1. The van der Waals surface area contributed by atoms with Crippen molar-refractivity contribution in [2.75, 3.05) is 0 Å². The summed E-state index contributed by atoms with van der Waals surface area (Å²) in [5.74, 6) is -1.41. The quantitative estimate of drug-likeness (QED) is 0.797. The van der Waals surface area contributed by atoms with E-state index in [4.69, 9.17) is 10.00 Å². The van der Waals surface area contributed by atoms with Crippen LogP contribution < -0.4 is 4.74 Å². The van der Waals surface area contributed by atoms with Crippen LogP contribution in [-0.2, 0) is 0 Å². The molecule has 0 saturated carbocycles. The molecule has 3 nitrogen and oxygen atoms in total. The van der Waals surface area contributed by atoms with Crippen molar-refractivity contribution in [1.82, 2.24) is 0 Å². The van der Waals surface area contributed by atoms with E-state index >= 15 is 0 Å². The number of fused-ring (bicyclic) bond motifs is 1. The monoisotopic (exact) mass is 341 g/mol. The molecular formula is C20H17F2NO2. The maximum absolute atomic E-state index is 13.5. The predicted octanol–water partition coefficient (Wildman–Crippen LogP) is 4.91. The first kappa shape index (κ1) is 17.1. The molecule has 0 N–H and O–H groups in total. The number of carbonyl (C=O) groups excluding carboxylic acids is 1. The lowest BCUT2D eigenvalue weighted by Gasteiger charge is -2.38. The molecule has 0 bridgehead atoms. The Hall–Kier alpha value is -2.74. The third kappa shape index (κ3) is 3.25. The van der Waals surface area contributed by atoms with Crippen LogP contribution in [0.25, 0.3) is 11.1 Å². The normalized spacial score (nSPS) is 18.2. The molecule has 2 aromatic rings. The number of hydrogen-bond acceptors (Lipinski definition) is 3. The first-order valence-corrected chi connectivity index (χ1v) is 8.02. The van der Waals surface area contributed by atoms with E-state index in [0.29, 0.717) is 28.9 Å². The minimum atomic E-state index is -0.757. The SMILES string of the molecule is CC1(C)Oc2cc(-c3cc(F)cc(F)c3)ccc2C(=O)C1CCC#N. The maximum Gasteiger partial charge on any atom is 0.173 e. The van der Waals surface area contributed by atoms with Crippen molar-refractivity contribution < 1.29 is 18.3 Å². The average molecular weight is 341 g/mol. The van der Waals surface area contributed by atoms with Gasteiger partial charge in [0.2, 0.25) is 0 Å². The molecule has 0 saturated heterocycles. The lowest BCUT2D eigenvalue weighted by atomic mass is 9.78. The number of ether oxygens (including phenoxy) is 1. The highest BCUT2D eigenvalue weighted by Crippen LogP contribution is 2.40. The summed E-state index contributed by atoms with van der Waals surface area (Å²) in [4.78, 5) is 12.8. The smallest absolute Gasteiger partial charge is 0.173 e.